The fourth-order valence-corrected chi connectivity index (χ4v) is 2.33. The van der Waals surface area contributed by atoms with Crippen molar-refractivity contribution in [1.82, 2.24) is 10.2 Å². The molecule has 1 aliphatic heterocycles. The number of piperidine rings is 1. The van der Waals surface area contributed by atoms with Crippen molar-refractivity contribution in [3.05, 3.63) is 30.3 Å². The van der Waals surface area contributed by atoms with E-state index in [2.05, 4.69) is 10.2 Å². The van der Waals surface area contributed by atoms with E-state index in [1.54, 1.807) is 0 Å². The number of likely N-dealkylation sites (tertiary alicyclic amines) is 1. The van der Waals surface area contributed by atoms with Gasteiger partial charge in [-0.3, -0.25) is 9.69 Å². The summed E-state index contributed by atoms with van der Waals surface area (Å²) in [6.45, 7) is 4.73. The maximum atomic E-state index is 11.8. The van der Waals surface area contributed by atoms with Crippen LogP contribution in [-0.4, -0.2) is 54.3 Å². The zero-order chi connectivity index (χ0) is 15.1. The molecule has 5 nitrogen and oxygen atoms in total. The molecule has 1 aliphatic rings. The van der Waals surface area contributed by atoms with Crippen molar-refractivity contribution >= 4 is 5.91 Å². The summed E-state index contributed by atoms with van der Waals surface area (Å²) in [6, 6.07) is 9.55. The van der Waals surface area contributed by atoms with Crippen LogP contribution >= 0.6 is 0 Å². The smallest absolute Gasteiger partial charge is 0.234 e. The van der Waals surface area contributed by atoms with Gasteiger partial charge in [0.25, 0.3) is 0 Å². The van der Waals surface area contributed by atoms with Gasteiger partial charge >= 0.3 is 0 Å². The maximum Gasteiger partial charge on any atom is 0.234 e. The molecular weight excluding hydrogens is 268 g/mol. The Morgan fingerprint density at radius 3 is 2.67 bits per heavy atom. The van der Waals surface area contributed by atoms with Crippen LogP contribution in [0.25, 0.3) is 0 Å². The van der Waals surface area contributed by atoms with Crippen LogP contribution in [0.5, 0.6) is 5.75 Å². The highest BCUT2D eigenvalue weighted by Gasteiger charge is 2.27. The summed E-state index contributed by atoms with van der Waals surface area (Å²) in [5, 5.41) is 12.7. The Balaban J connectivity index is 1.58. The second-order valence-corrected chi connectivity index (χ2v) is 5.78. The number of hydrogen-bond acceptors (Lipinski definition) is 4. The number of hydrogen-bond donors (Lipinski definition) is 2. The van der Waals surface area contributed by atoms with E-state index in [1.807, 2.05) is 37.3 Å². The third kappa shape index (κ3) is 5.73. The largest absolute Gasteiger partial charge is 0.492 e. The first-order valence-electron chi connectivity index (χ1n) is 7.44. The molecule has 1 saturated heterocycles. The zero-order valence-corrected chi connectivity index (χ0v) is 12.5. The van der Waals surface area contributed by atoms with Crippen LogP contribution < -0.4 is 10.1 Å². The summed E-state index contributed by atoms with van der Waals surface area (Å²) in [5.41, 5.74) is -0.573. The number of ether oxygens (including phenoxy) is 1. The van der Waals surface area contributed by atoms with Crippen molar-refractivity contribution in [1.29, 1.82) is 0 Å². The van der Waals surface area contributed by atoms with Crippen molar-refractivity contribution in [2.45, 2.75) is 25.4 Å². The van der Waals surface area contributed by atoms with Gasteiger partial charge in [0.1, 0.15) is 12.4 Å². The lowest BCUT2D eigenvalue weighted by molar-refractivity contribution is -0.123. The number of nitrogens with one attached hydrogen (secondary N) is 1. The Kier molecular flexibility index (Phi) is 5.59. The van der Waals surface area contributed by atoms with Gasteiger partial charge in [0.2, 0.25) is 5.91 Å². The van der Waals surface area contributed by atoms with E-state index < -0.39 is 5.60 Å². The van der Waals surface area contributed by atoms with E-state index in [0.717, 1.165) is 31.7 Å². The molecule has 0 spiro atoms. The number of amides is 1. The third-order valence-corrected chi connectivity index (χ3v) is 3.74. The maximum absolute atomic E-state index is 11.8. The molecule has 1 fully saturated rings. The average Bonchev–Trinajstić information content (AvgIpc) is 2.47. The number of nitrogens with zero attached hydrogens (tertiary/aromatic N) is 1. The van der Waals surface area contributed by atoms with Crippen molar-refractivity contribution < 1.29 is 14.6 Å². The molecule has 1 aromatic carbocycles. The van der Waals surface area contributed by atoms with Gasteiger partial charge in [0.05, 0.1) is 18.7 Å². The average molecular weight is 292 g/mol. The summed E-state index contributed by atoms with van der Waals surface area (Å²) in [7, 11) is 0. The van der Waals surface area contributed by atoms with Gasteiger partial charge in [-0.1, -0.05) is 18.2 Å². The number of benzene rings is 1. The predicted octanol–water partition coefficient (Wildman–Crippen LogP) is 1.03. The molecule has 0 saturated carbocycles. The van der Waals surface area contributed by atoms with Gasteiger partial charge in [-0.05, 0) is 31.9 Å². The van der Waals surface area contributed by atoms with Crippen LogP contribution in [0.3, 0.4) is 0 Å². The molecule has 0 radical (unpaired) electrons. The number of para-hydroxylation sites is 1. The fraction of sp³-hybridized carbons (Fsp3) is 0.562. The van der Waals surface area contributed by atoms with E-state index in [4.69, 9.17) is 4.74 Å². The molecule has 1 heterocycles. The summed E-state index contributed by atoms with van der Waals surface area (Å²) >= 11 is 0. The Hall–Kier alpha value is -1.59. The molecule has 21 heavy (non-hydrogen) atoms. The fourth-order valence-electron chi connectivity index (χ4n) is 2.33. The lowest BCUT2D eigenvalue weighted by atomic mass is 9.94. The van der Waals surface area contributed by atoms with E-state index in [1.165, 1.54) is 0 Å². The van der Waals surface area contributed by atoms with Crippen molar-refractivity contribution in [2.24, 2.45) is 0 Å². The summed E-state index contributed by atoms with van der Waals surface area (Å²) in [6.07, 6.45) is 1.44. The number of rotatable bonds is 6. The van der Waals surface area contributed by atoms with Crippen molar-refractivity contribution in [3.63, 3.8) is 0 Å². The second-order valence-electron chi connectivity index (χ2n) is 5.78. The van der Waals surface area contributed by atoms with Crippen LogP contribution in [0.15, 0.2) is 30.3 Å². The minimum Gasteiger partial charge on any atom is -0.492 e. The molecule has 0 bridgehead atoms. The van der Waals surface area contributed by atoms with Crippen LogP contribution in [0.2, 0.25) is 0 Å². The first-order valence-corrected chi connectivity index (χ1v) is 7.44. The highest BCUT2D eigenvalue weighted by Crippen LogP contribution is 2.20. The standard InChI is InChI=1S/C16H24N2O3/c1-16(20)7-10-18(11-8-16)13-15(19)17-9-12-21-14-5-3-2-4-6-14/h2-6,20H,7-13H2,1H3,(H,17,19). The lowest BCUT2D eigenvalue weighted by Crippen LogP contribution is -2.46. The second kappa shape index (κ2) is 7.43. The van der Waals surface area contributed by atoms with Crippen LogP contribution in [0.4, 0.5) is 0 Å². The monoisotopic (exact) mass is 292 g/mol. The Bertz CT molecular complexity index is 438. The van der Waals surface area contributed by atoms with Crippen LogP contribution in [-0.2, 0) is 4.79 Å². The molecule has 0 unspecified atom stereocenters. The van der Waals surface area contributed by atoms with Crippen LogP contribution in [0.1, 0.15) is 19.8 Å². The predicted molar refractivity (Wildman–Crippen MR) is 81.2 cm³/mol. The topological polar surface area (TPSA) is 61.8 Å². The molecule has 2 N–H and O–H groups in total. The molecule has 0 aromatic heterocycles. The van der Waals surface area contributed by atoms with Crippen LogP contribution in [0, 0.1) is 0 Å². The van der Waals surface area contributed by atoms with Crippen molar-refractivity contribution in [3.8, 4) is 5.75 Å². The summed E-state index contributed by atoms with van der Waals surface area (Å²) in [4.78, 5) is 13.9. The molecule has 1 amide bonds. The number of carbonyl (C=O) groups excluding carboxylic acids is 1. The van der Waals surface area contributed by atoms with E-state index in [0.29, 0.717) is 19.7 Å². The SMILES string of the molecule is CC1(O)CCN(CC(=O)NCCOc2ccccc2)CC1. The normalized spacial score (nSPS) is 18.2. The minimum absolute atomic E-state index is 0.00760. The molecule has 0 atom stereocenters. The van der Waals surface area contributed by atoms with E-state index in [9.17, 15) is 9.90 Å². The molecule has 116 valence electrons. The minimum atomic E-state index is -0.573. The highest BCUT2D eigenvalue weighted by molar-refractivity contribution is 5.78. The third-order valence-electron chi connectivity index (χ3n) is 3.74. The lowest BCUT2D eigenvalue weighted by Gasteiger charge is -2.35. The molecule has 1 aromatic rings. The molecule has 5 heteroatoms. The Morgan fingerprint density at radius 2 is 2.00 bits per heavy atom. The van der Waals surface area contributed by atoms with Gasteiger partial charge < -0.3 is 15.2 Å². The van der Waals surface area contributed by atoms with Crippen molar-refractivity contribution in [2.75, 3.05) is 32.8 Å². The van der Waals surface area contributed by atoms with Gasteiger partial charge in [0.15, 0.2) is 0 Å². The van der Waals surface area contributed by atoms with Gasteiger partial charge in [-0.25, -0.2) is 0 Å². The first-order chi connectivity index (χ1) is 10.1. The quantitative estimate of drug-likeness (QED) is 0.769. The van der Waals surface area contributed by atoms with E-state index >= 15 is 0 Å². The van der Waals surface area contributed by atoms with Gasteiger partial charge in [0, 0.05) is 13.1 Å². The van der Waals surface area contributed by atoms with Gasteiger partial charge in [-0.15, -0.1) is 0 Å². The summed E-state index contributed by atoms with van der Waals surface area (Å²) < 4.78 is 5.51. The highest BCUT2D eigenvalue weighted by atomic mass is 16.5. The number of carbonyl (C=O) groups is 1. The van der Waals surface area contributed by atoms with E-state index in [-0.39, 0.29) is 5.91 Å². The molecule has 0 aliphatic carbocycles. The molecular formula is C16H24N2O3. The Morgan fingerprint density at radius 1 is 1.33 bits per heavy atom. The number of aliphatic hydroxyl groups is 1. The van der Waals surface area contributed by atoms with Gasteiger partial charge in [-0.2, -0.15) is 0 Å². The summed E-state index contributed by atoms with van der Waals surface area (Å²) in [5.74, 6) is 0.818. The first kappa shape index (κ1) is 15.8. The molecule has 2 rings (SSSR count). The zero-order valence-electron chi connectivity index (χ0n) is 12.5. The Labute approximate surface area is 125 Å².